The standard InChI is InChI=1S/C18H20N4O3/c1-9(2)12-6-15(10(3)4)20-16(12)7-14-13-5-11(22(24)25)8-19-17(13)21-18(14)23/h5-10,20H,1-4H3,(H,19,21,23). The molecule has 0 saturated heterocycles. The fourth-order valence-corrected chi connectivity index (χ4v) is 2.86. The highest BCUT2D eigenvalue weighted by molar-refractivity contribution is 6.34. The Labute approximate surface area is 145 Å². The molecule has 130 valence electrons. The van der Waals surface area contributed by atoms with Gasteiger partial charge in [0, 0.05) is 23.0 Å². The molecule has 2 N–H and O–H groups in total. The van der Waals surface area contributed by atoms with Crippen molar-refractivity contribution in [3.63, 3.8) is 0 Å². The Balaban J connectivity index is 2.13. The largest absolute Gasteiger partial charge is 0.358 e. The lowest BCUT2D eigenvalue weighted by Crippen LogP contribution is -2.04. The van der Waals surface area contributed by atoms with Gasteiger partial charge in [0.05, 0.1) is 10.5 Å². The Morgan fingerprint density at radius 1 is 1.20 bits per heavy atom. The molecule has 2 aromatic heterocycles. The molecule has 25 heavy (non-hydrogen) atoms. The van der Waals surface area contributed by atoms with E-state index in [2.05, 4.69) is 49.0 Å². The number of rotatable bonds is 4. The molecule has 7 heteroatoms. The van der Waals surface area contributed by atoms with Crippen molar-refractivity contribution >= 4 is 29.1 Å². The second-order valence-corrected chi connectivity index (χ2v) is 6.76. The second-order valence-electron chi connectivity index (χ2n) is 6.76. The van der Waals surface area contributed by atoms with E-state index in [4.69, 9.17) is 0 Å². The van der Waals surface area contributed by atoms with E-state index < -0.39 is 4.92 Å². The average molecular weight is 340 g/mol. The van der Waals surface area contributed by atoms with Crippen molar-refractivity contribution in [1.29, 1.82) is 0 Å². The van der Waals surface area contributed by atoms with Crippen molar-refractivity contribution in [2.75, 3.05) is 5.32 Å². The minimum atomic E-state index is -0.515. The van der Waals surface area contributed by atoms with E-state index >= 15 is 0 Å². The van der Waals surface area contributed by atoms with Crippen LogP contribution in [0, 0.1) is 10.1 Å². The number of fused-ring (bicyclic) bond motifs is 1. The molecule has 0 aromatic carbocycles. The summed E-state index contributed by atoms with van der Waals surface area (Å²) in [5.74, 6) is 0.654. The summed E-state index contributed by atoms with van der Waals surface area (Å²) >= 11 is 0. The van der Waals surface area contributed by atoms with E-state index in [0.29, 0.717) is 22.9 Å². The molecular weight excluding hydrogens is 320 g/mol. The van der Waals surface area contributed by atoms with Crippen LogP contribution >= 0.6 is 0 Å². The van der Waals surface area contributed by atoms with Crippen LogP contribution in [-0.2, 0) is 4.79 Å². The van der Waals surface area contributed by atoms with Crippen LogP contribution in [-0.4, -0.2) is 20.8 Å². The first kappa shape index (κ1) is 16.9. The molecule has 0 atom stereocenters. The predicted octanol–water partition coefficient (Wildman–Crippen LogP) is 4.06. The number of aromatic nitrogens is 2. The number of amides is 1. The maximum absolute atomic E-state index is 12.3. The lowest BCUT2D eigenvalue weighted by Gasteiger charge is -2.04. The molecule has 7 nitrogen and oxygen atoms in total. The summed E-state index contributed by atoms with van der Waals surface area (Å²) in [5.41, 5.74) is 3.74. The molecule has 3 heterocycles. The van der Waals surface area contributed by atoms with Gasteiger partial charge in [-0.15, -0.1) is 0 Å². The highest BCUT2D eigenvalue weighted by Gasteiger charge is 2.28. The third-order valence-corrected chi connectivity index (χ3v) is 4.28. The number of hydrogen-bond donors (Lipinski definition) is 2. The summed E-state index contributed by atoms with van der Waals surface area (Å²) in [6, 6.07) is 3.49. The van der Waals surface area contributed by atoms with Crippen LogP contribution in [0.4, 0.5) is 11.5 Å². The van der Waals surface area contributed by atoms with Crippen LogP contribution in [0.5, 0.6) is 0 Å². The van der Waals surface area contributed by atoms with Gasteiger partial charge >= 0.3 is 0 Å². The first-order chi connectivity index (χ1) is 11.8. The van der Waals surface area contributed by atoms with Crippen molar-refractivity contribution < 1.29 is 9.72 Å². The molecule has 0 aliphatic carbocycles. The van der Waals surface area contributed by atoms with E-state index in [0.717, 1.165) is 23.1 Å². The number of nitrogens with one attached hydrogen (secondary N) is 2. The van der Waals surface area contributed by atoms with E-state index in [9.17, 15) is 14.9 Å². The van der Waals surface area contributed by atoms with Gasteiger partial charge in [0.1, 0.15) is 12.0 Å². The Morgan fingerprint density at radius 3 is 2.52 bits per heavy atom. The zero-order valence-corrected chi connectivity index (χ0v) is 14.6. The van der Waals surface area contributed by atoms with Crippen LogP contribution in [0.15, 0.2) is 18.3 Å². The lowest BCUT2D eigenvalue weighted by atomic mass is 10.00. The molecule has 2 aromatic rings. The molecule has 3 rings (SSSR count). The Hall–Kier alpha value is -2.96. The summed E-state index contributed by atoms with van der Waals surface area (Å²) in [6.45, 7) is 8.37. The number of carbonyl (C=O) groups excluding carboxylic acids is 1. The molecule has 0 bridgehead atoms. The summed E-state index contributed by atoms with van der Waals surface area (Å²) in [7, 11) is 0. The monoisotopic (exact) mass is 340 g/mol. The average Bonchev–Trinajstić information content (AvgIpc) is 3.09. The number of nitrogens with zero attached hydrogens (tertiary/aromatic N) is 2. The van der Waals surface area contributed by atoms with Crippen LogP contribution < -0.4 is 5.32 Å². The fraction of sp³-hybridized carbons (Fsp3) is 0.333. The van der Waals surface area contributed by atoms with E-state index in [1.807, 2.05) is 0 Å². The van der Waals surface area contributed by atoms with Gasteiger partial charge < -0.3 is 10.3 Å². The maximum Gasteiger partial charge on any atom is 0.288 e. The number of H-pyrrole nitrogens is 1. The van der Waals surface area contributed by atoms with Gasteiger partial charge in [-0.1, -0.05) is 27.7 Å². The molecule has 0 fully saturated rings. The van der Waals surface area contributed by atoms with E-state index in [-0.39, 0.29) is 17.5 Å². The van der Waals surface area contributed by atoms with Crippen molar-refractivity contribution in [1.82, 2.24) is 9.97 Å². The van der Waals surface area contributed by atoms with Crippen LogP contribution in [0.2, 0.25) is 0 Å². The van der Waals surface area contributed by atoms with Crippen LogP contribution in [0.25, 0.3) is 11.6 Å². The molecule has 1 aliphatic rings. The highest BCUT2D eigenvalue weighted by atomic mass is 16.6. The van der Waals surface area contributed by atoms with Gasteiger partial charge in [-0.05, 0) is 29.5 Å². The van der Waals surface area contributed by atoms with Crippen molar-refractivity contribution in [3.05, 3.63) is 51.0 Å². The normalized spacial score (nSPS) is 15.1. The summed E-state index contributed by atoms with van der Waals surface area (Å²) in [6.07, 6.45) is 2.90. The molecule has 1 amide bonds. The quantitative estimate of drug-likeness (QED) is 0.498. The van der Waals surface area contributed by atoms with Crippen molar-refractivity contribution in [2.24, 2.45) is 0 Å². The third-order valence-electron chi connectivity index (χ3n) is 4.28. The number of pyridine rings is 1. The first-order valence-corrected chi connectivity index (χ1v) is 8.18. The fourth-order valence-electron chi connectivity index (χ4n) is 2.86. The smallest absolute Gasteiger partial charge is 0.288 e. The van der Waals surface area contributed by atoms with Crippen molar-refractivity contribution in [2.45, 2.75) is 39.5 Å². The SMILES string of the molecule is CC(C)c1cc(C(C)C)c(C=C2C(=O)Nc3ncc([N+](=O)[O-])cc32)[nH]1. The summed E-state index contributed by atoms with van der Waals surface area (Å²) in [5, 5.41) is 13.7. The van der Waals surface area contributed by atoms with E-state index in [1.165, 1.54) is 6.07 Å². The lowest BCUT2D eigenvalue weighted by molar-refractivity contribution is -0.385. The molecular formula is C18H20N4O3. The zero-order chi connectivity index (χ0) is 18.3. The number of aromatic amines is 1. The Kier molecular flexibility index (Phi) is 4.16. The third kappa shape index (κ3) is 3.05. The van der Waals surface area contributed by atoms with Gasteiger partial charge in [0.15, 0.2) is 0 Å². The summed E-state index contributed by atoms with van der Waals surface area (Å²) < 4.78 is 0. The van der Waals surface area contributed by atoms with Gasteiger partial charge in [0.25, 0.3) is 11.6 Å². The highest BCUT2D eigenvalue weighted by Crippen LogP contribution is 2.35. The Morgan fingerprint density at radius 2 is 1.92 bits per heavy atom. The van der Waals surface area contributed by atoms with Gasteiger partial charge in [-0.3, -0.25) is 14.9 Å². The predicted molar refractivity (Wildman–Crippen MR) is 96.4 cm³/mol. The van der Waals surface area contributed by atoms with Crippen LogP contribution in [0.3, 0.4) is 0 Å². The number of anilines is 1. The first-order valence-electron chi connectivity index (χ1n) is 8.18. The van der Waals surface area contributed by atoms with Gasteiger partial charge in [-0.25, -0.2) is 4.98 Å². The van der Waals surface area contributed by atoms with E-state index in [1.54, 1.807) is 6.08 Å². The number of hydrogen-bond acceptors (Lipinski definition) is 4. The molecule has 0 spiro atoms. The minimum Gasteiger partial charge on any atom is -0.358 e. The zero-order valence-electron chi connectivity index (χ0n) is 14.6. The molecule has 1 aliphatic heterocycles. The molecule has 0 radical (unpaired) electrons. The number of carbonyl (C=O) groups is 1. The minimum absolute atomic E-state index is 0.139. The molecule has 0 unspecified atom stereocenters. The topological polar surface area (TPSA) is 101 Å². The van der Waals surface area contributed by atoms with Gasteiger partial charge in [-0.2, -0.15) is 0 Å². The second kappa shape index (κ2) is 6.16. The number of nitro groups is 1. The van der Waals surface area contributed by atoms with Crippen molar-refractivity contribution in [3.8, 4) is 0 Å². The molecule has 0 saturated carbocycles. The van der Waals surface area contributed by atoms with Gasteiger partial charge in [0.2, 0.25) is 0 Å². The van der Waals surface area contributed by atoms with Crippen LogP contribution in [0.1, 0.15) is 62.0 Å². The Bertz CT molecular complexity index is 894. The maximum atomic E-state index is 12.3. The summed E-state index contributed by atoms with van der Waals surface area (Å²) in [4.78, 5) is 30.2.